The van der Waals surface area contributed by atoms with E-state index in [4.69, 9.17) is 13.1 Å². The largest absolute Gasteiger partial charge is 0.0597 e. The van der Waals surface area contributed by atoms with Gasteiger partial charge in [0.2, 0.25) is 0 Å². The second-order valence-corrected chi connectivity index (χ2v) is 5.91. The van der Waals surface area contributed by atoms with E-state index in [1.54, 1.807) is 0 Å². The molecule has 1 heterocycles. The number of rotatable bonds is 0. The monoisotopic (exact) mass is 110 g/mol. The van der Waals surface area contributed by atoms with Crippen LogP contribution in [0.3, 0.4) is 0 Å². The van der Waals surface area contributed by atoms with Gasteiger partial charge in [-0.1, -0.05) is 24.9 Å². The number of hydrogen-bond acceptors (Lipinski definition) is 0. The molecule has 0 saturated carbocycles. The summed E-state index contributed by atoms with van der Waals surface area (Å²) in [4.78, 5) is 0. The maximum atomic E-state index is 5.69. The van der Waals surface area contributed by atoms with E-state index < -0.39 is 8.07 Å². The molecular weight excluding hydrogens is 100 g/mol. The maximum Gasteiger partial charge on any atom is 0.0597 e. The van der Waals surface area contributed by atoms with Crippen LogP contribution in [0.5, 0.6) is 0 Å². The fourth-order valence-corrected chi connectivity index (χ4v) is 3.10. The van der Waals surface area contributed by atoms with Gasteiger partial charge in [0, 0.05) is 0 Å². The quantitative estimate of drug-likeness (QED) is 0.417. The Balaban J connectivity index is 2.40. The zero-order valence-corrected chi connectivity index (χ0v) is 5.48. The molecule has 1 heteroatoms. The molecule has 1 aliphatic heterocycles. The zero-order valence-electron chi connectivity index (χ0n) is 4.48. The van der Waals surface area contributed by atoms with Gasteiger partial charge in [-0.25, -0.2) is 0 Å². The van der Waals surface area contributed by atoms with Crippen molar-refractivity contribution in [2.45, 2.75) is 24.9 Å². The van der Waals surface area contributed by atoms with Crippen LogP contribution < -0.4 is 0 Å². The van der Waals surface area contributed by atoms with Gasteiger partial charge in [-0.3, -0.25) is 0 Å². The van der Waals surface area contributed by atoms with Gasteiger partial charge in [-0.15, -0.1) is 0 Å². The Bertz CT molecular complexity index is 58.6. The highest BCUT2D eigenvalue weighted by Crippen LogP contribution is 2.27. The second-order valence-electron chi connectivity index (χ2n) is 2.44. The van der Waals surface area contributed by atoms with Crippen LogP contribution in [-0.2, 0) is 0 Å². The summed E-state index contributed by atoms with van der Waals surface area (Å²) >= 11 is 0. The molecule has 0 bridgehead atoms. The van der Waals surface area contributed by atoms with E-state index >= 15 is 0 Å². The summed E-state index contributed by atoms with van der Waals surface area (Å²) in [7, 11) is -1.54. The van der Waals surface area contributed by atoms with Gasteiger partial charge in [-0.2, -0.15) is 0 Å². The predicted octanol–water partition coefficient (Wildman–Crippen LogP) is 1.73. The molecule has 0 aliphatic carbocycles. The predicted molar refractivity (Wildman–Crippen MR) is 33.2 cm³/mol. The maximum absolute atomic E-state index is 5.69. The first kappa shape index (κ1) is 5.36. The fourth-order valence-electron chi connectivity index (χ4n) is 1.03. The van der Waals surface area contributed by atoms with Crippen LogP contribution in [0.25, 0.3) is 0 Å². The van der Waals surface area contributed by atoms with Crippen LogP contribution in [0.4, 0.5) is 0 Å². The molecule has 0 spiro atoms. The highest BCUT2D eigenvalue weighted by molar-refractivity contribution is 6.83. The van der Waals surface area contributed by atoms with Crippen molar-refractivity contribution in [2.75, 3.05) is 0 Å². The Kier molecular flexibility index (Phi) is 1.24. The molecule has 0 unspecified atom stereocenters. The van der Waals surface area contributed by atoms with Crippen molar-refractivity contribution in [1.29, 1.82) is 0 Å². The Morgan fingerprint density at radius 2 is 1.43 bits per heavy atom. The molecule has 1 rings (SSSR count). The first-order valence-corrected chi connectivity index (χ1v) is 5.35. The van der Waals surface area contributed by atoms with Crippen molar-refractivity contribution in [3.8, 4) is 0 Å². The molecule has 1 saturated heterocycles. The highest BCUT2D eigenvalue weighted by atomic mass is 28.3. The smallest absolute Gasteiger partial charge is 0.0567 e. The third kappa shape index (κ3) is 1.30. The SMILES string of the molecule is [CH][Si]1([CH])CCCC1. The van der Waals surface area contributed by atoms with E-state index in [1.165, 1.54) is 12.8 Å². The molecule has 0 nitrogen and oxygen atoms in total. The van der Waals surface area contributed by atoms with E-state index in [0.717, 1.165) is 12.1 Å². The average molecular weight is 110 g/mol. The van der Waals surface area contributed by atoms with Crippen LogP contribution in [0.15, 0.2) is 0 Å². The summed E-state index contributed by atoms with van der Waals surface area (Å²) in [6.45, 7) is 11.4. The molecule has 0 N–H and O–H groups in total. The Morgan fingerprint density at radius 1 is 1.00 bits per heavy atom. The average Bonchev–Trinajstić information content (AvgIpc) is 1.84. The van der Waals surface area contributed by atoms with Crippen molar-refractivity contribution in [2.24, 2.45) is 0 Å². The molecule has 1 fully saturated rings. The summed E-state index contributed by atoms with van der Waals surface area (Å²) < 4.78 is 0. The second kappa shape index (κ2) is 1.62. The molecule has 4 radical (unpaired) electrons. The summed E-state index contributed by atoms with van der Waals surface area (Å²) in [5, 5.41) is 0. The molecule has 0 amide bonds. The molecule has 0 atom stereocenters. The van der Waals surface area contributed by atoms with Gasteiger partial charge in [0.1, 0.15) is 0 Å². The molecule has 0 aromatic heterocycles. The van der Waals surface area contributed by atoms with Crippen molar-refractivity contribution in [3.63, 3.8) is 0 Å². The van der Waals surface area contributed by atoms with E-state index in [2.05, 4.69) is 0 Å². The van der Waals surface area contributed by atoms with Crippen molar-refractivity contribution in [3.05, 3.63) is 13.1 Å². The Labute approximate surface area is 46.9 Å². The molecule has 0 aromatic carbocycles. The topological polar surface area (TPSA) is 0 Å². The van der Waals surface area contributed by atoms with E-state index in [1.807, 2.05) is 0 Å². The molecular formula is C6H10Si. The Hall–Kier alpha value is 0.217. The summed E-state index contributed by atoms with van der Waals surface area (Å²) in [6, 6.07) is 2.29. The van der Waals surface area contributed by atoms with E-state index in [-0.39, 0.29) is 0 Å². The minimum Gasteiger partial charge on any atom is -0.0567 e. The van der Waals surface area contributed by atoms with Crippen LogP contribution in [0.1, 0.15) is 12.8 Å². The van der Waals surface area contributed by atoms with Crippen molar-refractivity contribution in [1.82, 2.24) is 0 Å². The third-order valence-electron chi connectivity index (χ3n) is 1.53. The van der Waals surface area contributed by atoms with Crippen LogP contribution in [0, 0.1) is 13.1 Å². The Morgan fingerprint density at radius 3 is 1.57 bits per heavy atom. The van der Waals surface area contributed by atoms with Crippen LogP contribution >= 0.6 is 0 Å². The summed E-state index contributed by atoms with van der Waals surface area (Å²) in [6.07, 6.45) is 2.55. The van der Waals surface area contributed by atoms with Gasteiger partial charge in [0.05, 0.1) is 8.07 Å². The van der Waals surface area contributed by atoms with Gasteiger partial charge in [0.25, 0.3) is 0 Å². The minimum atomic E-state index is -1.54. The van der Waals surface area contributed by atoms with Crippen LogP contribution in [-0.4, -0.2) is 8.07 Å². The first-order chi connectivity index (χ1) is 3.21. The standard InChI is InChI=1S/C6H10Si/c1-7(2)5-3-4-6-7/h1-2H,3-6H2. The highest BCUT2D eigenvalue weighted by Gasteiger charge is 2.25. The van der Waals surface area contributed by atoms with E-state index in [0.29, 0.717) is 0 Å². The lowest BCUT2D eigenvalue weighted by atomic mass is 10.4. The van der Waals surface area contributed by atoms with Gasteiger partial charge >= 0.3 is 0 Å². The normalized spacial score (nSPS) is 28.3. The van der Waals surface area contributed by atoms with Gasteiger partial charge in [-0.05, 0) is 13.1 Å². The summed E-state index contributed by atoms with van der Waals surface area (Å²) in [5.74, 6) is 0. The minimum absolute atomic E-state index is 1.15. The van der Waals surface area contributed by atoms with Crippen molar-refractivity contribution >= 4 is 8.07 Å². The lowest BCUT2D eigenvalue weighted by Crippen LogP contribution is -2.20. The molecule has 0 aromatic rings. The molecule has 7 heavy (non-hydrogen) atoms. The van der Waals surface area contributed by atoms with Crippen molar-refractivity contribution < 1.29 is 0 Å². The first-order valence-electron chi connectivity index (χ1n) is 2.78. The molecule has 38 valence electrons. The van der Waals surface area contributed by atoms with Gasteiger partial charge < -0.3 is 0 Å². The third-order valence-corrected chi connectivity index (χ3v) is 4.10. The lowest BCUT2D eigenvalue weighted by molar-refractivity contribution is 0.935. The lowest BCUT2D eigenvalue weighted by Gasteiger charge is -2.09. The van der Waals surface area contributed by atoms with E-state index in [9.17, 15) is 0 Å². The van der Waals surface area contributed by atoms with Gasteiger partial charge in [0.15, 0.2) is 0 Å². The zero-order chi connectivity index (χ0) is 5.33. The fraction of sp³-hybridized carbons (Fsp3) is 0.667. The van der Waals surface area contributed by atoms with Crippen LogP contribution in [0.2, 0.25) is 12.1 Å². The molecule has 1 aliphatic rings. The summed E-state index contributed by atoms with van der Waals surface area (Å²) in [5.41, 5.74) is 0. The number of hydrogen-bond donors (Lipinski definition) is 0.